The summed E-state index contributed by atoms with van der Waals surface area (Å²) >= 11 is 6.18. The van der Waals surface area contributed by atoms with Crippen LogP contribution in [0.4, 0.5) is 0 Å². The van der Waals surface area contributed by atoms with E-state index in [1.807, 2.05) is 29.7 Å². The fraction of sp³-hybridized carbons (Fsp3) is 0.357. The van der Waals surface area contributed by atoms with Crippen molar-refractivity contribution in [1.29, 1.82) is 0 Å². The lowest BCUT2D eigenvalue weighted by atomic mass is 10.1. The largest absolute Gasteiger partial charge is 0.486 e. The summed E-state index contributed by atoms with van der Waals surface area (Å²) in [5.74, 6) is 0.662. The second-order valence-electron chi connectivity index (χ2n) is 4.44. The first-order chi connectivity index (χ1) is 9.11. The van der Waals surface area contributed by atoms with Gasteiger partial charge in [0.25, 0.3) is 0 Å². The molecule has 4 nitrogen and oxygen atoms in total. The average molecular weight is 280 g/mol. The van der Waals surface area contributed by atoms with Gasteiger partial charge in [-0.25, -0.2) is 4.98 Å². The molecule has 19 heavy (non-hydrogen) atoms. The summed E-state index contributed by atoms with van der Waals surface area (Å²) in [4.78, 5) is 4.10. The van der Waals surface area contributed by atoms with Crippen molar-refractivity contribution in [3.63, 3.8) is 0 Å². The highest BCUT2D eigenvalue weighted by Gasteiger charge is 2.07. The van der Waals surface area contributed by atoms with Crippen molar-refractivity contribution in [3.8, 4) is 5.75 Å². The van der Waals surface area contributed by atoms with Gasteiger partial charge in [-0.1, -0.05) is 17.7 Å². The third kappa shape index (κ3) is 3.28. The zero-order valence-electron chi connectivity index (χ0n) is 11.1. The lowest BCUT2D eigenvalue weighted by Gasteiger charge is -2.12. The van der Waals surface area contributed by atoms with Crippen LogP contribution in [0.3, 0.4) is 0 Å². The molecular weight excluding hydrogens is 262 g/mol. The number of nitrogens with two attached hydrogens (primary N) is 1. The number of imidazole rings is 1. The first-order valence-corrected chi connectivity index (χ1v) is 6.66. The Kier molecular flexibility index (Phi) is 4.45. The second kappa shape index (κ2) is 6.08. The Hall–Kier alpha value is -1.52. The summed E-state index contributed by atoms with van der Waals surface area (Å²) in [5.41, 5.74) is 7.83. The van der Waals surface area contributed by atoms with Gasteiger partial charge in [0.05, 0.1) is 23.2 Å². The van der Waals surface area contributed by atoms with Crippen molar-refractivity contribution in [1.82, 2.24) is 9.55 Å². The van der Waals surface area contributed by atoms with E-state index in [1.54, 1.807) is 12.5 Å². The molecule has 2 aromatic rings. The van der Waals surface area contributed by atoms with Gasteiger partial charge in [-0.05, 0) is 31.5 Å². The van der Waals surface area contributed by atoms with Crippen LogP contribution in [-0.4, -0.2) is 9.55 Å². The molecule has 1 unspecified atom stereocenters. The molecule has 0 fully saturated rings. The fourth-order valence-corrected chi connectivity index (χ4v) is 2.07. The monoisotopic (exact) mass is 279 g/mol. The number of hydrogen-bond acceptors (Lipinski definition) is 3. The molecule has 0 aliphatic heterocycles. The fourth-order valence-electron chi connectivity index (χ4n) is 1.82. The number of benzene rings is 1. The van der Waals surface area contributed by atoms with E-state index >= 15 is 0 Å². The molecule has 1 atom stereocenters. The standard InChI is InChI=1S/C14H18ClN3O/c1-3-18-9-17-7-12(18)8-19-14-5-4-11(10(2)16)6-13(14)15/h4-7,9-10H,3,8,16H2,1-2H3. The lowest BCUT2D eigenvalue weighted by Crippen LogP contribution is -2.06. The average Bonchev–Trinajstić information content (AvgIpc) is 2.84. The summed E-state index contributed by atoms with van der Waals surface area (Å²) in [6.45, 7) is 5.31. The van der Waals surface area contributed by atoms with E-state index in [4.69, 9.17) is 22.1 Å². The van der Waals surface area contributed by atoms with Crippen LogP contribution in [-0.2, 0) is 13.2 Å². The van der Waals surface area contributed by atoms with Gasteiger partial charge in [0.1, 0.15) is 12.4 Å². The van der Waals surface area contributed by atoms with E-state index in [1.165, 1.54) is 0 Å². The van der Waals surface area contributed by atoms with Gasteiger partial charge < -0.3 is 15.0 Å². The first-order valence-electron chi connectivity index (χ1n) is 6.28. The first kappa shape index (κ1) is 13.9. The second-order valence-corrected chi connectivity index (χ2v) is 4.85. The van der Waals surface area contributed by atoms with Crippen LogP contribution in [0.5, 0.6) is 5.75 Å². The lowest BCUT2D eigenvalue weighted by molar-refractivity contribution is 0.295. The minimum atomic E-state index is -0.0342. The van der Waals surface area contributed by atoms with Gasteiger partial charge in [0.2, 0.25) is 0 Å². The van der Waals surface area contributed by atoms with Crippen molar-refractivity contribution in [2.75, 3.05) is 0 Å². The maximum Gasteiger partial charge on any atom is 0.138 e. The Labute approximate surface area is 118 Å². The third-order valence-corrected chi connectivity index (χ3v) is 3.29. The third-order valence-electron chi connectivity index (χ3n) is 3.00. The van der Waals surface area contributed by atoms with Gasteiger partial charge in [-0.2, -0.15) is 0 Å². The van der Waals surface area contributed by atoms with Gasteiger partial charge in [0, 0.05) is 12.6 Å². The molecule has 0 amide bonds. The number of aryl methyl sites for hydroxylation is 1. The summed E-state index contributed by atoms with van der Waals surface area (Å²) in [6.07, 6.45) is 3.59. The van der Waals surface area contributed by atoms with Crippen molar-refractivity contribution in [3.05, 3.63) is 47.0 Å². The predicted octanol–water partition coefficient (Wildman–Crippen LogP) is 3.16. The molecule has 0 bridgehead atoms. The maximum absolute atomic E-state index is 6.18. The molecule has 0 aliphatic rings. The van der Waals surface area contributed by atoms with Crippen LogP contribution in [0.1, 0.15) is 31.1 Å². The van der Waals surface area contributed by atoms with Crippen LogP contribution < -0.4 is 10.5 Å². The van der Waals surface area contributed by atoms with E-state index in [2.05, 4.69) is 11.9 Å². The van der Waals surface area contributed by atoms with Gasteiger partial charge in [-0.15, -0.1) is 0 Å². The smallest absolute Gasteiger partial charge is 0.138 e. The molecule has 0 radical (unpaired) electrons. The highest BCUT2D eigenvalue weighted by molar-refractivity contribution is 6.32. The molecule has 5 heteroatoms. The zero-order valence-corrected chi connectivity index (χ0v) is 11.9. The summed E-state index contributed by atoms with van der Waals surface area (Å²) in [5, 5.41) is 0.581. The molecular formula is C14H18ClN3O. The number of ether oxygens (including phenoxy) is 1. The summed E-state index contributed by atoms with van der Waals surface area (Å²) < 4.78 is 7.76. The van der Waals surface area contributed by atoms with Crippen molar-refractivity contribution < 1.29 is 4.74 Å². The van der Waals surface area contributed by atoms with Crippen LogP contribution in [0.15, 0.2) is 30.7 Å². The SMILES string of the molecule is CCn1cncc1COc1ccc(C(C)N)cc1Cl. The van der Waals surface area contributed by atoms with Crippen LogP contribution in [0, 0.1) is 0 Å². The predicted molar refractivity (Wildman–Crippen MR) is 76.3 cm³/mol. The Morgan fingerprint density at radius 1 is 1.47 bits per heavy atom. The van der Waals surface area contributed by atoms with E-state index in [0.717, 1.165) is 17.8 Å². The molecule has 2 rings (SSSR count). The van der Waals surface area contributed by atoms with Gasteiger partial charge >= 0.3 is 0 Å². The zero-order chi connectivity index (χ0) is 13.8. The van der Waals surface area contributed by atoms with Crippen LogP contribution in [0.25, 0.3) is 0 Å². The highest BCUT2D eigenvalue weighted by atomic mass is 35.5. The number of halogens is 1. The number of rotatable bonds is 5. The van der Waals surface area contributed by atoms with Crippen molar-refractivity contribution in [2.45, 2.75) is 33.0 Å². The topological polar surface area (TPSA) is 53.1 Å². The van der Waals surface area contributed by atoms with Crippen molar-refractivity contribution in [2.24, 2.45) is 5.73 Å². The minimum Gasteiger partial charge on any atom is -0.486 e. The van der Waals surface area contributed by atoms with E-state index < -0.39 is 0 Å². The molecule has 0 aliphatic carbocycles. The number of hydrogen-bond donors (Lipinski definition) is 1. The van der Waals surface area contributed by atoms with Gasteiger partial charge in [-0.3, -0.25) is 0 Å². The molecule has 102 valence electrons. The van der Waals surface area contributed by atoms with E-state index in [9.17, 15) is 0 Å². The molecule has 1 aromatic heterocycles. The summed E-state index contributed by atoms with van der Waals surface area (Å²) in [6, 6.07) is 5.60. The van der Waals surface area contributed by atoms with Crippen LogP contribution in [0.2, 0.25) is 5.02 Å². The number of aromatic nitrogens is 2. The Morgan fingerprint density at radius 3 is 2.89 bits per heavy atom. The Bertz CT molecular complexity index is 551. The summed E-state index contributed by atoms with van der Waals surface area (Å²) in [7, 11) is 0. The van der Waals surface area contributed by atoms with E-state index in [-0.39, 0.29) is 6.04 Å². The van der Waals surface area contributed by atoms with E-state index in [0.29, 0.717) is 17.4 Å². The van der Waals surface area contributed by atoms with Crippen molar-refractivity contribution >= 4 is 11.6 Å². The minimum absolute atomic E-state index is 0.0342. The maximum atomic E-state index is 6.18. The molecule has 0 saturated heterocycles. The highest BCUT2D eigenvalue weighted by Crippen LogP contribution is 2.28. The molecule has 1 heterocycles. The molecule has 1 aromatic carbocycles. The Morgan fingerprint density at radius 2 is 2.26 bits per heavy atom. The molecule has 2 N–H and O–H groups in total. The van der Waals surface area contributed by atoms with Crippen LogP contribution >= 0.6 is 11.6 Å². The Balaban J connectivity index is 2.08. The normalized spacial score (nSPS) is 12.4. The quantitative estimate of drug-likeness (QED) is 0.915. The molecule has 0 saturated carbocycles. The number of nitrogens with zero attached hydrogens (tertiary/aromatic N) is 2. The van der Waals surface area contributed by atoms with Gasteiger partial charge in [0.15, 0.2) is 0 Å². The molecule has 0 spiro atoms.